The third-order valence-corrected chi connectivity index (χ3v) is 4.88. The number of piperazine rings is 1. The van der Waals surface area contributed by atoms with Crippen LogP contribution in [0.5, 0.6) is 0 Å². The number of imide groups is 2. The first-order chi connectivity index (χ1) is 12.6. The fourth-order valence-corrected chi connectivity index (χ4v) is 3.30. The molecule has 1 aliphatic heterocycles. The number of hydrogen-bond acceptors (Lipinski definition) is 6. The van der Waals surface area contributed by atoms with Crippen molar-refractivity contribution < 1.29 is 14.4 Å². The van der Waals surface area contributed by atoms with Crippen molar-refractivity contribution >= 4 is 29.3 Å². The van der Waals surface area contributed by atoms with Gasteiger partial charge in [-0.3, -0.25) is 9.69 Å². The van der Waals surface area contributed by atoms with Gasteiger partial charge in [0, 0.05) is 50.8 Å². The molecule has 1 N–H and O–H groups in total. The van der Waals surface area contributed by atoms with Crippen LogP contribution in [-0.2, 0) is 0 Å². The minimum atomic E-state index is -0.552. The molecule has 0 aromatic carbocycles. The summed E-state index contributed by atoms with van der Waals surface area (Å²) in [6.45, 7) is 6.99. The number of thiazole rings is 1. The first-order valence-corrected chi connectivity index (χ1v) is 10.0. The van der Waals surface area contributed by atoms with Crippen molar-refractivity contribution in [3.05, 3.63) is 16.6 Å². The molecule has 2 rings (SSSR count). The van der Waals surface area contributed by atoms with Gasteiger partial charge in [0.05, 0.1) is 0 Å². The highest BCUT2D eigenvalue weighted by Gasteiger charge is 2.33. The normalized spacial score (nSPS) is 14.2. The summed E-state index contributed by atoms with van der Waals surface area (Å²) >= 11 is 1.19. The minimum absolute atomic E-state index is 0.259. The van der Waals surface area contributed by atoms with Crippen molar-refractivity contribution in [2.75, 3.05) is 39.3 Å². The van der Waals surface area contributed by atoms with Gasteiger partial charge >= 0.3 is 12.1 Å². The van der Waals surface area contributed by atoms with E-state index in [1.807, 2.05) is 13.8 Å². The molecule has 5 amide bonds. The van der Waals surface area contributed by atoms with Gasteiger partial charge in [-0.1, -0.05) is 20.3 Å². The molecular formula is C17H27N5O3S. The number of carbonyl (C=O) groups excluding carboxylic acids is 3. The van der Waals surface area contributed by atoms with Gasteiger partial charge < -0.3 is 10.2 Å². The fraction of sp³-hybridized carbons (Fsp3) is 0.647. The lowest BCUT2D eigenvalue weighted by atomic mass is 10.3. The second kappa shape index (κ2) is 10.2. The van der Waals surface area contributed by atoms with E-state index in [-0.39, 0.29) is 17.6 Å². The zero-order valence-corrected chi connectivity index (χ0v) is 16.3. The Kier molecular flexibility index (Phi) is 7.99. The van der Waals surface area contributed by atoms with Gasteiger partial charge in [0.25, 0.3) is 5.91 Å². The monoisotopic (exact) mass is 381 g/mol. The van der Waals surface area contributed by atoms with E-state index in [4.69, 9.17) is 0 Å². The number of aromatic nitrogens is 1. The van der Waals surface area contributed by atoms with Gasteiger partial charge in [-0.25, -0.2) is 19.5 Å². The van der Waals surface area contributed by atoms with Crippen molar-refractivity contribution in [1.29, 1.82) is 0 Å². The Morgan fingerprint density at radius 1 is 1.15 bits per heavy atom. The highest BCUT2D eigenvalue weighted by Crippen LogP contribution is 2.14. The van der Waals surface area contributed by atoms with Crippen LogP contribution in [0.4, 0.5) is 9.59 Å². The van der Waals surface area contributed by atoms with E-state index in [1.54, 1.807) is 10.3 Å². The Labute approximate surface area is 158 Å². The van der Waals surface area contributed by atoms with E-state index in [9.17, 15) is 14.4 Å². The topological polar surface area (TPSA) is 85.9 Å². The molecule has 1 saturated heterocycles. The van der Waals surface area contributed by atoms with Crippen LogP contribution in [0, 0.1) is 0 Å². The molecule has 1 aromatic rings. The summed E-state index contributed by atoms with van der Waals surface area (Å²) in [7, 11) is 0. The lowest BCUT2D eigenvalue weighted by Gasteiger charge is -2.34. The Bertz CT molecular complexity index is 602. The van der Waals surface area contributed by atoms with Crippen LogP contribution >= 0.6 is 11.3 Å². The Balaban J connectivity index is 2.20. The third kappa shape index (κ3) is 5.01. The number of unbranched alkanes of at least 4 members (excludes halogenated alkanes) is 1. The molecule has 26 heavy (non-hydrogen) atoms. The number of carbonyl (C=O) groups is 3. The molecule has 9 heteroatoms. The Hall–Kier alpha value is -2.00. The van der Waals surface area contributed by atoms with Gasteiger partial charge in [-0.2, -0.15) is 0 Å². The van der Waals surface area contributed by atoms with Crippen molar-refractivity contribution in [2.24, 2.45) is 0 Å². The third-order valence-electron chi connectivity index (χ3n) is 4.12. The first-order valence-electron chi connectivity index (χ1n) is 9.12. The molecule has 0 spiro atoms. The molecule has 0 bridgehead atoms. The van der Waals surface area contributed by atoms with Gasteiger partial charge in [0.15, 0.2) is 5.01 Å². The highest BCUT2D eigenvalue weighted by molar-refractivity contribution is 7.11. The molecule has 8 nitrogen and oxygen atoms in total. The molecule has 0 unspecified atom stereocenters. The zero-order valence-electron chi connectivity index (χ0n) is 15.4. The fourth-order valence-electron chi connectivity index (χ4n) is 2.71. The minimum Gasteiger partial charge on any atom is -0.322 e. The number of hydrogen-bond donors (Lipinski definition) is 1. The summed E-state index contributed by atoms with van der Waals surface area (Å²) in [6, 6.07) is -0.873. The smallest absolute Gasteiger partial charge is 0.322 e. The van der Waals surface area contributed by atoms with Gasteiger partial charge in [-0.05, 0) is 12.8 Å². The summed E-state index contributed by atoms with van der Waals surface area (Å²) in [5.41, 5.74) is 0. The lowest BCUT2D eigenvalue weighted by molar-refractivity contribution is 0.0757. The molecule has 0 radical (unpaired) electrons. The maximum absolute atomic E-state index is 13.1. The van der Waals surface area contributed by atoms with Crippen LogP contribution in [0.1, 0.15) is 42.9 Å². The van der Waals surface area contributed by atoms with E-state index in [0.29, 0.717) is 45.6 Å². The average molecular weight is 382 g/mol. The predicted octanol–water partition coefficient (Wildman–Crippen LogP) is 2.24. The van der Waals surface area contributed by atoms with E-state index in [0.717, 1.165) is 11.3 Å². The summed E-state index contributed by atoms with van der Waals surface area (Å²) < 4.78 is 0. The number of amides is 5. The van der Waals surface area contributed by atoms with Crippen molar-refractivity contribution in [1.82, 2.24) is 25.0 Å². The van der Waals surface area contributed by atoms with Crippen LogP contribution < -0.4 is 5.32 Å². The molecule has 1 aliphatic rings. The molecule has 144 valence electrons. The number of nitrogens with one attached hydrogen (secondary N) is 1. The van der Waals surface area contributed by atoms with Crippen molar-refractivity contribution in [3.8, 4) is 0 Å². The van der Waals surface area contributed by atoms with E-state index in [2.05, 4.69) is 10.3 Å². The highest BCUT2D eigenvalue weighted by atomic mass is 32.1. The Morgan fingerprint density at radius 2 is 1.88 bits per heavy atom. The quantitative estimate of drug-likeness (QED) is 0.817. The molecule has 1 fully saturated rings. The largest absolute Gasteiger partial charge is 0.335 e. The second-order valence-corrected chi connectivity index (χ2v) is 7.00. The molecule has 0 aliphatic carbocycles. The van der Waals surface area contributed by atoms with Crippen LogP contribution in [0.2, 0.25) is 0 Å². The van der Waals surface area contributed by atoms with Crippen LogP contribution in [0.3, 0.4) is 0 Å². The number of nitrogens with zero attached hydrogens (tertiary/aromatic N) is 4. The molecule has 0 saturated carbocycles. The lowest BCUT2D eigenvalue weighted by Crippen LogP contribution is -2.56. The molecular weight excluding hydrogens is 354 g/mol. The van der Waals surface area contributed by atoms with Crippen LogP contribution in [0.15, 0.2) is 11.6 Å². The molecule has 0 atom stereocenters. The van der Waals surface area contributed by atoms with E-state index >= 15 is 0 Å². The summed E-state index contributed by atoms with van der Waals surface area (Å²) in [6.07, 6.45) is 3.71. The van der Waals surface area contributed by atoms with Crippen molar-refractivity contribution in [2.45, 2.75) is 33.1 Å². The standard InChI is InChI=1S/C17H27N5O3S/c1-3-5-10-22(16(24)20-11-6-18-7-12-20)17(25)21(9-4-2)15(23)14-19-8-13-26-14/h8,13,18H,3-7,9-12H2,1-2H3. The summed E-state index contributed by atoms with van der Waals surface area (Å²) in [5.74, 6) is -0.443. The number of rotatable bonds is 6. The van der Waals surface area contributed by atoms with Gasteiger partial charge in [-0.15, -0.1) is 11.3 Å². The first kappa shape index (κ1) is 20.3. The summed E-state index contributed by atoms with van der Waals surface area (Å²) in [4.78, 5) is 46.8. The summed E-state index contributed by atoms with van der Waals surface area (Å²) in [5, 5.41) is 5.15. The Morgan fingerprint density at radius 3 is 2.46 bits per heavy atom. The van der Waals surface area contributed by atoms with Crippen LogP contribution in [0.25, 0.3) is 0 Å². The average Bonchev–Trinajstić information content (AvgIpc) is 3.21. The van der Waals surface area contributed by atoms with Crippen LogP contribution in [-0.4, -0.2) is 76.9 Å². The SMILES string of the molecule is CCCCN(C(=O)N1CCNCC1)C(=O)N(CCC)C(=O)c1nccs1. The maximum Gasteiger partial charge on any atom is 0.335 e. The van der Waals surface area contributed by atoms with Gasteiger partial charge in [0.1, 0.15) is 0 Å². The van der Waals surface area contributed by atoms with E-state index in [1.165, 1.54) is 22.4 Å². The van der Waals surface area contributed by atoms with Crippen molar-refractivity contribution in [3.63, 3.8) is 0 Å². The molecule has 1 aromatic heterocycles. The maximum atomic E-state index is 13.1. The predicted molar refractivity (Wildman–Crippen MR) is 100 cm³/mol. The number of urea groups is 2. The second-order valence-electron chi connectivity index (χ2n) is 6.10. The van der Waals surface area contributed by atoms with E-state index < -0.39 is 11.9 Å². The van der Waals surface area contributed by atoms with Gasteiger partial charge in [0.2, 0.25) is 0 Å². The molecule has 2 heterocycles. The zero-order chi connectivity index (χ0) is 18.9.